The Hall–Kier alpha value is -2.46. The summed E-state index contributed by atoms with van der Waals surface area (Å²) in [6.07, 6.45) is 2.44. The fraction of sp³-hybridized carbons (Fsp3) is 0.250. The van der Waals surface area contributed by atoms with Gasteiger partial charge in [-0.25, -0.2) is 0 Å². The van der Waals surface area contributed by atoms with Crippen LogP contribution >= 0.6 is 0 Å². The molecule has 2 rings (SSSR count). The SMILES string of the molecule is [N-]=[N+]=NCCCNC(=O)c1cccc2cc[nH]c12. The maximum Gasteiger partial charge on any atom is 0.253 e. The fourth-order valence-electron chi connectivity index (χ4n) is 1.77. The van der Waals surface area contributed by atoms with Crippen LogP contribution in [0.25, 0.3) is 21.3 Å². The van der Waals surface area contributed by atoms with Gasteiger partial charge in [-0.15, -0.1) is 0 Å². The van der Waals surface area contributed by atoms with E-state index >= 15 is 0 Å². The molecule has 0 atom stereocenters. The smallest absolute Gasteiger partial charge is 0.253 e. The number of H-pyrrole nitrogens is 1. The van der Waals surface area contributed by atoms with Crippen molar-refractivity contribution in [3.8, 4) is 0 Å². The summed E-state index contributed by atoms with van der Waals surface area (Å²) >= 11 is 0. The number of nitrogens with zero attached hydrogens (tertiary/aromatic N) is 3. The number of carbonyl (C=O) groups is 1. The lowest BCUT2D eigenvalue weighted by Gasteiger charge is -2.05. The van der Waals surface area contributed by atoms with Gasteiger partial charge in [-0.1, -0.05) is 17.2 Å². The van der Waals surface area contributed by atoms with Crippen LogP contribution in [0.4, 0.5) is 0 Å². The lowest BCUT2D eigenvalue weighted by Crippen LogP contribution is -2.25. The van der Waals surface area contributed by atoms with E-state index in [9.17, 15) is 4.79 Å². The molecule has 1 aromatic heterocycles. The van der Waals surface area contributed by atoms with Crippen LogP contribution in [-0.4, -0.2) is 24.0 Å². The molecule has 2 aromatic rings. The van der Waals surface area contributed by atoms with Crippen LogP contribution in [0.2, 0.25) is 0 Å². The molecule has 0 saturated heterocycles. The molecule has 6 nitrogen and oxygen atoms in total. The van der Waals surface area contributed by atoms with Gasteiger partial charge in [-0.05, 0) is 24.1 Å². The van der Waals surface area contributed by atoms with Gasteiger partial charge in [-0.2, -0.15) is 0 Å². The number of carbonyl (C=O) groups excluding carboxylic acids is 1. The number of nitrogens with one attached hydrogen (secondary N) is 2. The van der Waals surface area contributed by atoms with E-state index in [1.165, 1.54) is 0 Å². The molecule has 0 radical (unpaired) electrons. The largest absolute Gasteiger partial charge is 0.361 e. The number of para-hydroxylation sites is 1. The molecule has 0 aliphatic rings. The molecule has 18 heavy (non-hydrogen) atoms. The number of aromatic amines is 1. The first-order valence-electron chi connectivity index (χ1n) is 5.68. The molecular formula is C12H13N5O. The van der Waals surface area contributed by atoms with Crippen molar-refractivity contribution in [2.45, 2.75) is 6.42 Å². The topological polar surface area (TPSA) is 93.7 Å². The normalized spacial score (nSPS) is 10.0. The molecule has 0 aliphatic heterocycles. The van der Waals surface area contributed by atoms with Gasteiger partial charge in [0.05, 0.1) is 11.1 Å². The molecule has 0 spiro atoms. The van der Waals surface area contributed by atoms with Gasteiger partial charge >= 0.3 is 0 Å². The molecule has 92 valence electrons. The fourth-order valence-corrected chi connectivity index (χ4v) is 1.77. The Bertz CT molecular complexity index is 597. The van der Waals surface area contributed by atoms with E-state index in [4.69, 9.17) is 5.53 Å². The molecule has 2 N–H and O–H groups in total. The van der Waals surface area contributed by atoms with Crippen molar-refractivity contribution in [3.63, 3.8) is 0 Å². The monoisotopic (exact) mass is 243 g/mol. The number of azide groups is 1. The molecule has 1 aromatic carbocycles. The van der Waals surface area contributed by atoms with Gasteiger partial charge in [0.25, 0.3) is 5.91 Å². The molecule has 0 unspecified atom stereocenters. The summed E-state index contributed by atoms with van der Waals surface area (Å²) in [5.74, 6) is -0.121. The van der Waals surface area contributed by atoms with E-state index in [0.29, 0.717) is 25.1 Å². The minimum absolute atomic E-state index is 0.121. The van der Waals surface area contributed by atoms with Crippen LogP contribution in [0, 0.1) is 0 Å². The zero-order valence-corrected chi connectivity index (χ0v) is 9.76. The minimum atomic E-state index is -0.121. The van der Waals surface area contributed by atoms with E-state index in [0.717, 1.165) is 10.9 Å². The number of hydrogen-bond acceptors (Lipinski definition) is 2. The highest BCUT2D eigenvalue weighted by molar-refractivity contribution is 6.05. The van der Waals surface area contributed by atoms with Crippen molar-refractivity contribution in [1.29, 1.82) is 0 Å². The van der Waals surface area contributed by atoms with Gasteiger partial charge in [0.1, 0.15) is 0 Å². The lowest BCUT2D eigenvalue weighted by atomic mass is 10.1. The highest BCUT2D eigenvalue weighted by Gasteiger charge is 2.09. The van der Waals surface area contributed by atoms with E-state index in [-0.39, 0.29) is 5.91 Å². The molecule has 6 heteroatoms. The van der Waals surface area contributed by atoms with Crippen molar-refractivity contribution >= 4 is 16.8 Å². The highest BCUT2D eigenvalue weighted by Crippen LogP contribution is 2.16. The van der Waals surface area contributed by atoms with Crippen LogP contribution < -0.4 is 5.32 Å². The minimum Gasteiger partial charge on any atom is -0.361 e. The van der Waals surface area contributed by atoms with E-state index in [1.54, 1.807) is 6.07 Å². The number of hydrogen-bond donors (Lipinski definition) is 2. The average molecular weight is 243 g/mol. The third kappa shape index (κ3) is 2.61. The second kappa shape index (κ2) is 5.75. The Balaban J connectivity index is 2.00. The van der Waals surface area contributed by atoms with Crippen LogP contribution in [0.1, 0.15) is 16.8 Å². The second-order valence-electron chi connectivity index (χ2n) is 3.81. The lowest BCUT2D eigenvalue weighted by molar-refractivity contribution is 0.0955. The quantitative estimate of drug-likeness (QED) is 0.359. The maximum atomic E-state index is 12.0. The zero-order valence-electron chi connectivity index (χ0n) is 9.76. The van der Waals surface area contributed by atoms with E-state index in [2.05, 4.69) is 20.3 Å². The number of rotatable bonds is 5. The average Bonchev–Trinajstić information content (AvgIpc) is 2.86. The number of aromatic nitrogens is 1. The maximum absolute atomic E-state index is 12.0. The Morgan fingerprint density at radius 1 is 1.44 bits per heavy atom. The molecule has 0 bridgehead atoms. The van der Waals surface area contributed by atoms with E-state index < -0.39 is 0 Å². The van der Waals surface area contributed by atoms with Crippen molar-refractivity contribution in [2.75, 3.05) is 13.1 Å². The van der Waals surface area contributed by atoms with Gasteiger partial charge < -0.3 is 10.3 Å². The van der Waals surface area contributed by atoms with Gasteiger partial charge in [0, 0.05) is 29.6 Å². The van der Waals surface area contributed by atoms with Crippen molar-refractivity contribution in [2.24, 2.45) is 5.11 Å². The first-order valence-corrected chi connectivity index (χ1v) is 5.68. The summed E-state index contributed by atoms with van der Waals surface area (Å²) in [6.45, 7) is 0.887. The summed E-state index contributed by atoms with van der Waals surface area (Å²) in [7, 11) is 0. The number of fused-ring (bicyclic) bond motifs is 1. The summed E-state index contributed by atoms with van der Waals surface area (Å²) in [5.41, 5.74) is 9.58. The van der Waals surface area contributed by atoms with Crippen LogP contribution in [0.5, 0.6) is 0 Å². The van der Waals surface area contributed by atoms with Gasteiger partial charge in [0.15, 0.2) is 0 Å². The first-order chi connectivity index (χ1) is 8.83. The van der Waals surface area contributed by atoms with Crippen molar-refractivity contribution in [3.05, 3.63) is 46.5 Å². The van der Waals surface area contributed by atoms with Crippen LogP contribution in [0.3, 0.4) is 0 Å². The van der Waals surface area contributed by atoms with E-state index in [1.807, 2.05) is 24.4 Å². The predicted octanol–water partition coefficient (Wildman–Crippen LogP) is 2.60. The molecule has 0 saturated carbocycles. The number of benzene rings is 1. The molecule has 0 fully saturated rings. The van der Waals surface area contributed by atoms with Crippen molar-refractivity contribution in [1.82, 2.24) is 10.3 Å². The molecular weight excluding hydrogens is 230 g/mol. The summed E-state index contributed by atoms with van der Waals surface area (Å²) in [6, 6.07) is 7.50. The third-order valence-electron chi connectivity index (χ3n) is 2.62. The molecule has 1 amide bonds. The number of amides is 1. The van der Waals surface area contributed by atoms with Crippen molar-refractivity contribution < 1.29 is 4.79 Å². The Morgan fingerprint density at radius 2 is 2.33 bits per heavy atom. The van der Waals surface area contributed by atoms with Crippen LogP contribution in [0.15, 0.2) is 35.6 Å². The predicted molar refractivity (Wildman–Crippen MR) is 69.3 cm³/mol. The standard InChI is InChI=1S/C12H13N5O/c13-17-16-7-2-6-15-12(18)10-4-1-3-9-5-8-14-11(9)10/h1,3-5,8,14H,2,6-7H2,(H,15,18). The Labute approximate surface area is 104 Å². The van der Waals surface area contributed by atoms with Gasteiger partial charge in [-0.3, -0.25) is 4.79 Å². The Morgan fingerprint density at radius 3 is 3.17 bits per heavy atom. The molecule has 0 aliphatic carbocycles. The summed E-state index contributed by atoms with van der Waals surface area (Å²) in [4.78, 5) is 17.7. The third-order valence-corrected chi connectivity index (χ3v) is 2.62. The van der Waals surface area contributed by atoms with Gasteiger partial charge in [0.2, 0.25) is 0 Å². The first kappa shape index (κ1) is 12.0. The van der Waals surface area contributed by atoms with Crippen LogP contribution in [-0.2, 0) is 0 Å². The molecule has 1 heterocycles. The zero-order chi connectivity index (χ0) is 12.8. The highest BCUT2D eigenvalue weighted by atomic mass is 16.1. The summed E-state index contributed by atoms with van der Waals surface area (Å²) in [5, 5.41) is 7.21. The second-order valence-corrected chi connectivity index (χ2v) is 3.81. The Kier molecular flexibility index (Phi) is 3.83. The summed E-state index contributed by atoms with van der Waals surface area (Å²) < 4.78 is 0.